The van der Waals surface area contributed by atoms with E-state index in [1.165, 1.54) is 57.8 Å². The molecule has 4 aliphatic carbocycles. The van der Waals surface area contributed by atoms with E-state index in [4.69, 9.17) is 9.84 Å². The zero-order valence-electron chi connectivity index (χ0n) is 18.6. The van der Waals surface area contributed by atoms with Crippen molar-refractivity contribution in [3.8, 4) is 0 Å². The van der Waals surface area contributed by atoms with E-state index in [-0.39, 0.29) is 0 Å². The maximum Gasteiger partial charge on any atom is 0.303 e. The average molecular weight is 391 g/mol. The molecule has 0 aliphatic heterocycles. The van der Waals surface area contributed by atoms with Gasteiger partial charge < -0.3 is 9.84 Å². The first kappa shape index (κ1) is 20.7. The monoisotopic (exact) mass is 390 g/mol. The van der Waals surface area contributed by atoms with Crippen LogP contribution in [0.5, 0.6) is 0 Å². The van der Waals surface area contributed by atoms with E-state index >= 15 is 0 Å². The van der Waals surface area contributed by atoms with Gasteiger partial charge >= 0.3 is 5.97 Å². The van der Waals surface area contributed by atoms with Gasteiger partial charge in [-0.1, -0.05) is 20.8 Å². The summed E-state index contributed by atoms with van der Waals surface area (Å²) in [5, 5.41) is 9.12. The van der Waals surface area contributed by atoms with Gasteiger partial charge in [-0.3, -0.25) is 4.79 Å². The van der Waals surface area contributed by atoms with Crippen LogP contribution < -0.4 is 0 Å². The Morgan fingerprint density at radius 2 is 1.75 bits per heavy atom. The van der Waals surface area contributed by atoms with Crippen molar-refractivity contribution in [1.29, 1.82) is 0 Å². The van der Waals surface area contributed by atoms with Crippen LogP contribution in [0.4, 0.5) is 0 Å². The molecule has 0 heterocycles. The first-order valence-electron chi connectivity index (χ1n) is 12.0. The van der Waals surface area contributed by atoms with E-state index in [9.17, 15) is 4.79 Å². The number of carboxylic acid groups (broad SMARTS) is 1. The van der Waals surface area contributed by atoms with E-state index in [1.54, 1.807) is 0 Å². The molecule has 3 nitrogen and oxygen atoms in total. The van der Waals surface area contributed by atoms with Gasteiger partial charge in [0.05, 0.1) is 6.10 Å². The zero-order chi connectivity index (χ0) is 20.1. The molecule has 0 bridgehead atoms. The Bertz CT molecular complexity index is 588. The topological polar surface area (TPSA) is 46.5 Å². The number of fused-ring (bicyclic) bond motifs is 5. The molecular weight excluding hydrogens is 348 g/mol. The highest BCUT2D eigenvalue weighted by Crippen LogP contribution is 2.68. The van der Waals surface area contributed by atoms with Gasteiger partial charge in [0, 0.05) is 13.5 Å². The van der Waals surface area contributed by atoms with E-state index in [0.29, 0.717) is 29.3 Å². The summed E-state index contributed by atoms with van der Waals surface area (Å²) in [6, 6.07) is 0. The third-order valence-corrected chi connectivity index (χ3v) is 10.5. The van der Waals surface area contributed by atoms with Crippen LogP contribution in [-0.2, 0) is 9.53 Å². The number of ether oxygens (including phenoxy) is 1. The Morgan fingerprint density at radius 3 is 2.46 bits per heavy atom. The second-order valence-corrected chi connectivity index (χ2v) is 11.4. The lowest BCUT2D eigenvalue weighted by atomic mass is 9.44. The second-order valence-electron chi connectivity index (χ2n) is 11.4. The Kier molecular flexibility index (Phi) is 5.61. The molecule has 5 unspecified atom stereocenters. The fourth-order valence-electron chi connectivity index (χ4n) is 8.96. The molecule has 0 saturated heterocycles. The van der Waals surface area contributed by atoms with Crippen LogP contribution in [0.2, 0.25) is 0 Å². The Labute approximate surface area is 172 Å². The molecule has 28 heavy (non-hydrogen) atoms. The van der Waals surface area contributed by atoms with Crippen LogP contribution in [0, 0.1) is 46.3 Å². The summed E-state index contributed by atoms with van der Waals surface area (Å²) >= 11 is 0. The van der Waals surface area contributed by atoms with Gasteiger partial charge in [-0.15, -0.1) is 0 Å². The van der Waals surface area contributed by atoms with Crippen molar-refractivity contribution in [2.75, 3.05) is 7.11 Å². The van der Waals surface area contributed by atoms with Crippen molar-refractivity contribution in [2.45, 2.75) is 97.5 Å². The zero-order valence-corrected chi connectivity index (χ0v) is 18.6. The normalized spacial score (nSPS) is 49.0. The summed E-state index contributed by atoms with van der Waals surface area (Å²) < 4.78 is 5.74. The van der Waals surface area contributed by atoms with Crippen LogP contribution in [0.25, 0.3) is 0 Å². The summed E-state index contributed by atoms with van der Waals surface area (Å²) in [5.74, 6) is 4.21. The molecule has 160 valence electrons. The van der Waals surface area contributed by atoms with E-state index in [0.717, 1.165) is 36.0 Å². The van der Waals surface area contributed by atoms with Crippen molar-refractivity contribution in [3.63, 3.8) is 0 Å². The van der Waals surface area contributed by atoms with Gasteiger partial charge in [0.25, 0.3) is 0 Å². The largest absolute Gasteiger partial charge is 0.481 e. The molecule has 4 aliphatic rings. The highest BCUT2D eigenvalue weighted by Gasteiger charge is 2.60. The third kappa shape index (κ3) is 3.24. The minimum absolute atomic E-state index is 0.338. The third-order valence-electron chi connectivity index (χ3n) is 10.5. The number of aliphatic carboxylic acids is 1. The SMILES string of the molecule is CO[C@@H]1CC[C@@]2(C)C(CCC3C2CC[C@@]2(C)C3CCC2[C@H](C)CCC(=O)O)C1. The standard InChI is InChI=1S/C25H42O3/c1-16(5-10-23(26)27)20-8-9-21-19-7-6-17-15-18(28-4)11-13-24(17,2)22(19)12-14-25(20,21)3/h16-22H,5-15H2,1-4H3,(H,26,27)/t16-,17?,18-,19?,20?,21?,22?,24+,25-/m1/s1. The molecule has 0 aromatic rings. The Hall–Kier alpha value is -0.570. The minimum Gasteiger partial charge on any atom is -0.481 e. The van der Waals surface area contributed by atoms with Gasteiger partial charge in [-0.05, 0) is 111 Å². The summed E-state index contributed by atoms with van der Waals surface area (Å²) in [6.45, 7) is 7.54. The van der Waals surface area contributed by atoms with Crippen molar-refractivity contribution in [3.05, 3.63) is 0 Å². The maximum atomic E-state index is 11.1. The molecule has 0 aromatic carbocycles. The summed E-state index contributed by atoms with van der Waals surface area (Å²) in [6.07, 6.45) is 13.9. The highest BCUT2D eigenvalue weighted by molar-refractivity contribution is 5.66. The van der Waals surface area contributed by atoms with E-state index < -0.39 is 5.97 Å². The quantitative estimate of drug-likeness (QED) is 0.611. The number of carbonyl (C=O) groups is 1. The molecule has 3 heteroatoms. The number of hydrogen-bond acceptors (Lipinski definition) is 2. The highest BCUT2D eigenvalue weighted by atomic mass is 16.5. The van der Waals surface area contributed by atoms with Crippen LogP contribution in [0.15, 0.2) is 0 Å². The maximum absolute atomic E-state index is 11.1. The fourth-order valence-corrected chi connectivity index (χ4v) is 8.96. The molecule has 0 radical (unpaired) electrons. The van der Waals surface area contributed by atoms with Gasteiger partial charge in [0.2, 0.25) is 0 Å². The van der Waals surface area contributed by atoms with Crippen molar-refractivity contribution < 1.29 is 14.6 Å². The van der Waals surface area contributed by atoms with E-state index in [2.05, 4.69) is 20.8 Å². The Morgan fingerprint density at radius 1 is 1.04 bits per heavy atom. The number of carboxylic acids is 1. The molecule has 0 spiro atoms. The molecule has 4 saturated carbocycles. The van der Waals surface area contributed by atoms with Gasteiger partial charge in [0.1, 0.15) is 0 Å². The van der Waals surface area contributed by atoms with Crippen molar-refractivity contribution >= 4 is 5.97 Å². The number of hydrogen-bond donors (Lipinski definition) is 1. The fraction of sp³-hybridized carbons (Fsp3) is 0.960. The lowest BCUT2D eigenvalue weighted by Crippen LogP contribution is -2.54. The van der Waals surface area contributed by atoms with Gasteiger partial charge in [0.15, 0.2) is 0 Å². The van der Waals surface area contributed by atoms with Crippen LogP contribution in [0.1, 0.15) is 91.4 Å². The van der Waals surface area contributed by atoms with Crippen molar-refractivity contribution in [1.82, 2.24) is 0 Å². The molecule has 4 fully saturated rings. The molecule has 1 N–H and O–H groups in total. The summed E-state index contributed by atoms with van der Waals surface area (Å²) in [4.78, 5) is 11.1. The predicted octanol–water partition coefficient (Wildman–Crippen LogP) is 6.16. The van der Waals surface area contributed by atoms with E-state index in [1.807, 2.05) is 7.11 Å². The average Bonchev–Trinajstić information content (AvgIpc) is 3.02. The predicted molar refractivity (Wildman–Crippen MR) is 112 cm³/mol. The first-order chi connectivity index (χ1) is 13.3. The molecule has 0 aromatic heterocycles. The van der Waals surface area contributed by atoms with Crippen LogP contribution in [0.3, 0.4) is 0 Å². The first-order valence-corrected chi connectivity index (χ1v) is 12.0. The summed E-state index contributed by atoms with van der Waals surface area (Å²) in [7, 11) is 1.90. The van der Waals surface area contributed by atoms with Crippen molar-refractivity contribution in [2.24, 2.45) is 46.3 Å². The van der Waals surface area contributed by atoms with Crippen LogP contribution >= 0.6 is 0 Å². The molecule has 4 rings (SSSR count). The lowest BCUT2D eigenvalue weighted by molar-refractivity contribution is -0.138. The molecule has 0 amide bonds. The summed E-state index contributed by atoms with van der Waals surface area (Å²) in [5.41, 5.74) is 0.984. The van der Waals surface area contributed by atoms with Gasteiger partial charge in [-0.25, -0.2) is 0 Å². The number of rotatable bonds is 5. The Balaban J connectivity index is 1.50. The minimum atomic E-state index is -0.631. The number of methoxy groups -OCH3 is 1. The molecular formula is C25H42O3. The second kappa shape index (κ2) is 7.60. The molecule has 9 atom stereocenters. The van der Waals surface area contributed by atoms with Crippen LogP contribution in [-0.4, -0.2) is 24.3 Å². The van der Waals surface area contributed by atoms with Gasteiger partial charge in [-0.2, -0.15) is 0 Å². The smallest absolute Gasteiger partial charge is 0.303 e. The lowest BCUT2D eigenvalue weighted by Gasteiger charge is -2.61.